The second-order valence-corrected chi connectivity index (χ2v) is 5.89. The molecule has 0 radical (unpaired) electrons. The monoisotopic (exact) mass is 417 g/mol. The molecule has 0 aromatic carbocycles. The van der Waals surface area contributed by atoms with Crippen molar-refractivity contribution in [3.05, 3.63) is 10.4 Å². The van der Waals surface area contributed by atoms with Gasteiger partial charge in [-0.05, 0) is 5.53 Å². The fourth-order valence-electron chi connectivity index (χ4n) is 2.58. The first kappa shape index (κ1) is 24.1. The van der Waals surface area contributed by atoms with Crippen LogP contribution >= 0.6 is 0 Å². The lowest BCUT2D eigenvalue weighted by atomic mass is 9.98. The van der Waals surface area contributed by atoms with E-state index in [9.17, 15) is 19.2 Å². The van der Waals surface area contributed by atoms with Gasteiger partial charge in [-0.15, -0.1) is 0 Å². The second kappa shape index (κ2) is 11.8. The van der Waals surface area contributed by atoms with Crippen molar-refractivity contribution in [2.45, 2.75) is 58.4 Å². The average Bonchev–Trinajstić information content (AvgIpc) is 2.60. The fraction of sp³-hybridized carbons (Fsp3) is 0.750. The third kappa shape index (κ3) is 8.34. The zero-order valence-corrected chi connectivity index (χ0v) is 16.4. The molecule has 162 valence electrons. The van der Waals surface area contributed by atoms with Crippen molar-refractivity contribution in [2.75, 3.05) is 19.8 Å². The van der Waals surface area contributed by atoms with E-state index in [-0.39, 0.29) is 19.8 Å². The average molecular weight is 417 g/mol. The van der Waals surface area contributed by atoms with Crippen molar-refractivity contribution >= 4 is 23.9 Å². The Kier molecular flexibility index (Phi) is 9.86. The first-order valence-electron chi connectivity index (χ1n) is 8.58. The van der Waals surface area contributed by atoms with Gasteiger partial charge < -0.3 is 28.4 Å². The van der Waals surface area contributed by atoms with Crippen LogP contribution in [-0.4, -0.2) is 74.3 Å². The van der Waals surface area contributed by atoms with Crippen LogP contribution in [-0.2, 0) is 47.6 Å². The van der Waals surface area contributed by atoms with Gasteiger partial charge in [0.15, 0.2) is 24.6 Å². The van der Waals surface area contributed by atoms with Crippen molar-refractivity contribution in [1.29, 1.82) is 0 Å². The Morgan fingerprint density at radius 2 is 1.45 bits per heavy atom. The number of rotatable bonds is 9. The second-order valence-electron chi connectivity index (χ2n) is 5.89. The maximum absolute atomic E-state index is 11.6. The van der Waals surface area contributed by atoms with E-state index < -0.39 is 54.6 Å². The van der Waals surface area contributed by atoms with Crippen LogP contribution in [0.5, 0.6) is 0 Å². The molecule has 5 atom stereocenters. The summed E-state index contributed by atoms with van der Waals surface area (Å²) in [6.07, 6.45) is -6.25. The number of nitrogens with zero attached hydrogens (tertiary/aromatic N) is 3. The fourth-order valence-corrected chi connectivity index (χ4v) is 2.58. The van der Waals surface area contributed by atoms with Crippen molar-refractivity contribution in [2.24, 2.45) is 5.11 Å². The Morgan fingerprint density at radius 3 is 1.97 bits per heavy atom. The first-order chi connectivity index (χ1) is 13.6. The molecule has 0 unspecified atom stereocenters. The maximum Gasteiger partial charge on any atom is 0.303 e. The quantitative estimate of drug-likeness (QED) is 0.128. The Morgan fingerprint density at radius 1 is 0.897 bits per heavy atom. The van der Waals surface area contributed by atoms with Crippen molar-refractivity contribution in [1.82, 2.24) is 0 Å². The van der Waals surface area contributed by atoms with Crippen molar-refractivity contribution in [3.63, 3.8) is 0 Å². The van der Waals surface area contributed by atoms with Crippen molar-refractivity contribution < 1.29 is 47.6 Å². The summed E-state index contributed by atoms with van der Waals surface area (Å²) < 4.78 is 31.7. The third-order valence-electron chi connectivity index (χ3n) is 3.48. The van der Waals surface area contributed by atoms with Crippen LogP contribution < -0.4 is 0 Å². The van der Waals surface area contributed by atoms with E-state index in [0.717, 1.165) is 20.8 Å². The molecule has 13 nitrogen and oxygen atoms in total. The normalized spacial score (nSPS) is 25.9. The lowest BCUT2D eigenvalue weighted by Gasteiger charge is -2.44. The minimum atomic E-state index is -1.31. The zero-order chi connectivity index (χ0) is 22.0. The molecule has 29 heavy (non-hydrogen) atoms. The van der Waals surface area contributed by atoms with Gasteiger partial charge in [0.05, 0.1) is 6.61 Å². The highest BCUT2D eigenvalue weighted by Gasteiger charge is 2.52. The van der Waals surface area contributed by atoms with E-state index in [1.165, 1.54) is 6.92 Å². The van der Waals surface area contributed by atoms with Crippen LogP contribution in [0.15, 0.2) is 5.11 Å². The number of esters is 4. The number of azide groups is 1. The van der Waals surface area contributed by atoms with E-state index in [4.69, 9.17) is 34.0 Å². The van der Waals surface area contributed by atoms with Gasteiger partial charge in [-0.2, -0.15) is 0 Å². The Hall–Kier alpha value is -2.89. The summed E-state index contributed by atoms with van der Waals surface area (Å²) in [4.78, 5) is 48.5. The van der Waals surface area contributed by atoms with Crippen LogP contribution in [0.25, 0.3) is 10.4 Å². The molecule has 0 N–H and O–H groups in total. The van der Waals surface area contributed by atoms with E-state index in [2.05, 4.69) is 10.0 Å². The zero-order valence-electron chi connectivity index (χ0n) is 16.4. The van der Waals surface area contributed by atoms with Gasteiger partial charge in [0.1, 0.15) is 12.7 Å². The molecule has 1 heterocycles. The Balaban J connectivity index is 3.22. The van der Waals surface area contributed by atoms with E-state index in [0.29, 0.717) is 0 Å². The minimum absolute atomic E-state index is 0.0522. The number of carbonyl (C=O) groups is 4. The highest BCUT2D eigenvalue weighted by molar-refractivity contribution is 5.68. The lowest BCUT2D eigenvalue weighted by molar-refractivity contribution is -0.307. The number of hydrogen-bond acceptors (Lipinski definition) is 11. The molecule has 0 aromatic heterocycles. The summed E-state index contributed by atoms with van der Waals surface area (Å²) in [7, 11) is 0. The maximum atomic E-state index is 11.6. The van der Waals surface area contributed by atoms with E-state index in [1.807, 2.05) is 0 Å². The molecule has 13 heteroatoms. The van der Waals surface area contributed by atoms with E-state index >= 15 is 0 Å². The molecule has 1 fully saturated rings. The minimum Gasteiger partial charge on any atom is -0.463 e. The topological polar surface area (TPSA) is 172 Å². The van der Waals surface area contributed by atoms with Gasteiger partial charge in [-0.3, -0.25) is 19.2 Å². The molecule has 0 aliphatic carbocycles. The summed E-state index contributed by atoms with van der Waals surface area (Å²) in [5.74, 6) is -2.83. The SMILES string of the molecule is CC(=O)OC[C@@H]1O[C@@H](OCCN=[N+]=[N-])[C@@H](OC(C)=O)[C@@H](OC(C)=O)[C@H]1OC(C)=O. The number of ether oxygens (including phenoxy) is 6. The summed E-state index contributed by atoms with van der Waals surface area (Å²) in [5.41, 5.74) is 8.35. The Bertz CT molecular complexity index is 663. The van der Waals surface area contributed by atoms with Gasteiger partial charge in [0.25, 0.3) is 0 Å². The van der Waals surface area contributed by atoms with Crippen LogP contribution in [0.1, 0.15) is 27.7 Å². The largest absolute Gasteiger partial charge is 0.463 e. The van der Waals surface area contributed by atoms with Crippen LogP contribution in [0, 0.1) is 0 Å². The van der Waals surface area contributed by atoms with Gasteiger partial charge in [0.2, 0.25) is 0 Å². The van der Waals surface area contributed by atoms with Crippen LogP contribution in [0.4, 0.5) is 0 Å². The van der Waals surface area contributed by atoms with Gasteiger partial charge >= 0.3 is 23.9 Å². The molecule has 1 aliphatic rings. The van der Waals surface area contributed by atoms with Gasteiger partial charge in [0, 0.05) is 39.2 Å². The molecule has 1 aliphatic heterocycles. The molecule has 0 spiro atoms. The smallest absolute Gasteiger partial charge is 0.303 e. The van der Waals surface area contributed by atoms with E-state index in [1.54, 1.807) is 0 Å². The molecule has 1 rings (SSSR count). The highest BCUT2D eigenvalue weighted by atomic mass is 16.7. The molecule has 0 aromatic rings. The highest BCUT2D eigenvalue weighted by Crippen LogP contribution is 2.29. The van der Waals surface area contributed by atoms with Crippen molar-refractivity contribution in [3.8, 4) is 0 Å². The predicted molar refractivity (Wildman–Crippen MR) is 91.9 cm³/mol. The predicted octanol–water partition coefficient (Wildman–Crippen LogP) is 0.396. The molecular formula is C16H23N3O10. The summed E-state index contributed by atoms with van der Waals surface area (Å²) in [5, 5.41) is 3.31. The Labute approximate surface area is 166 Å². The molecule has 1 saturated heterocycles. The summed E-state index contributed by atoms with van der Waals surface area (Å²) in [6, 6.07) is 0. The summed E-state index contributed by atoms with van der Waals surface area (Å²) in [6.45, 7) is 4.01. The molecule has 0 saturated carbocycles. The van der Waals surface area contributed by atoms with Crippen LogP contribution in [0.3, 0.4) is 0 Å². The third-order valence-corrected chi connectivity index (χ3v) is 3.48. The standard InChI is InChI=1S/C16H23N3O10/c1-8(20)25-7-12-13(26-9(2)21)14(27-10(3)22)15(28-11(4)23)16(29-12)24-6-5-18-19-17/h12-16H,5-7H2,1-4H3/t12-,13-,14-,15-,16+/m0/s1. The number of hydrogen-bond donors (Lipinski definition) is 0. The van der Waals surface area contributed by atoms with Gasteiger partial charge in [-0.1, -0.05) is 5.11 Å². The molecular weight excluding hydrogens is 394 g/mol. The van der Waals surface area contributed by atoms with Gasteiger partial charge in [-0.25, -0.2) is 0 Å². The van der Waals surface area contributed by atoms with Crippen LogP contribution in [0.2, 0.25) is 0 Å². The summed E-state index contributed by atoms with van der Waals surface area (Å²) >= 11 is 0. The molecule has 0 amide bonds. The lowest BCUT2D eigenvalue weighted by Crippen LogP contribution is -2.63. The molecule has 0 bridgehead atoms. The number of carbonyl (C=O) groups excluding carboxylic acids is 4. The first-order valence-corrected chi connectivity index (χ1v) is 8.58.